The maximum Gasteiger partial charge on any atom is 0.161 e. The molecule has 0 spiro atoms. The van der Waals surface area contributed by atoms with E-state index in [1.807, 2.05) is 61.5 Å². The number of allylic oxidation sites excluding steroid dienone is 4. The highest BCUT2D eigenvalue weighted by molar-refractivity contribution is 5.99. The number of carbonyl (C=O) groups excluding carboxylic acids is 1. The van der Waals surface area contributed by atoms with E-state index in [0.717, 1.165) is 41.1 Å². The number of nitrogens with zero attached hydrogens (tertiary/aromatic N) is 1. The van der Waals surface area contributed by atoms with E-state index in [2.05, 4.69) is 11.4 Å². The predicted octanol–water partition coefficient (Wildman–Crippen LogP) is 4.97. The number of rotatable bonds is 3. The minimum absolute atomic E-state index is 0.128. The van der Waals surface area contributed by atoms with E-state index in [-0.39, 0.29) is 11.7 Å². The van der Waals surface area contributed by atoms with Crippen molar-refractivity contribution < 1.29 is 9.53 Å². The van der Waals surface area contributed by atoms with E-state index in [1.54, 1.807) is 0 Å². The Hall–Kier alpha value is -3.32. The molecule has 0 aromatic heterocycles. The molecular formula is C23H20N2O2. The lowest BCUT2D eigenvalue weighted by Crippen LogP contribution is -2.31. The van der Waals surface area contributed by atoms with Crippen molar-refractivity contribution in [1.82, 2.24) is 5.32 Å². The van der Waals surface area contributed by atoms with Crippen molar-refractivity contribution >= 4 is 5.78 Å². The second kappa shape index (κ2) is 7.13. The molecule has 0 saturated carbocycles. The Morgan fingerprint density at radius 1 is 1.07 bits per heavy atom. The van der Waals surface area contributed by atoms with E-state index < -0.39 is 0 Å². The zero-order chi connectivity index (χ0) is 18.8. The van der Waals surface area contributed by atoms with Crippen LogP contribution in [0.4, 0.5) is 0 Å². The molecule has 1 heterocycles. The Morgan fingerprint density at radius 2 is 1.85 bits per heavy atom. The number of para-hydroxylation sites is 1. The van der Waals surface area contributed by atoms with Gasteiger partial charge < -0.3 is 10.1 Å². The molecule has 0 amide bonds. The number of benzene rings is 2. The molecular weight excluding hydrogens is 336 g/mol. The van der Waals surface area contributed by atoms with Crippen LogP contribution in [0.5, 0.6) is 11.5 Å². The van der Waals surface area contributed by atoms with Crippen molar-refractivity contribution in [2.45, 2.75) is 32.1 Å². The zero-order valence-corrected chi connectivity index (χ0v) is 15.2. The SMILES string of the molecule is CC1=C(C#N)C(c2cccc(Oc3ccccc3)c2)C2=C(CCCC2=O)N1. The Morgan fingerprint density at radius 3 is 2.63 bits per heavy atom. The number of dihydropyridines is 1. The lowest BCUT2D eigenvalue weighted by Gasteiger charge is -2.32. The molecule has 4 rings (SSSR count). The number of nitrogens with one attached hydrogen (secondary N) is 1. The largest absolute Gasteiger partial charge is 0.457 e. The molecule has 0 radical (unpaired) electrons. The summed E-state index contributed by atoms with van der Waals surface area (Å²) in [5.41, 5.74) is 4.03. The Kier molecular flexibility index (Phi) is 4.52. The lowest BCUT2D eigenvalue weighted by molar-refractivity contribution is -0.116. The number of ketones is 1. The summed E-state index contributed by atoms with van der Waals surface area (Å²) in [6, 6.07) is 19.6. The summed E-state index contributed by atoms with van der Waals surface area (Å²) in [4.78, 5) is 12.7. The van der Waals surface area contributed by atoms with Gasteiger partial charge in [-0.3, -0.25) is 4.79 Å². The molecule has 1 unspecified atom stereocenters. The summed E-state index contributed by atoms with van der Waals surface area (Å²) in [7, 11) is 0. The summed E-state index contributed by atoms with van der Waals surface area (Å²) in [6.07, 6.45) is 2.23. The van der Waals surface area contributed by atoms with E-state index in [4.69, 9.17) is 4.74 Å². The van der Waals surface area contributed by atoms with Crippen LogP contribution in [0.15, 0.2) is 77.1 Å². The van der Waals surface area contributed by atoms with Crippen molar-refractivity contribution in [2.75, 3.05) is 0 Å². The van der Waals surface area contributed by atoms with Crippen LogP contribution in [0.3, 0.4) is 0 Å². The molecule has 0 fully saturated rings. The quantitative estimate of drug-likeness (QED) is 0.843. The first-order valence-corrected chi connectivity index (χ1v) is 9.14. The van der Waals surface area contributed by atoms with Gasteiger partial charge >= 0.3 is 0 Å². The topological polar surface area (TPSA) is 62.1 Å². The van der Waals surface area contributed by atoms with Gasteiger partial charge in [-0.2, -0.15) is 5.26 Å². The van der Waals surface area contributed by atoms with Crippen LogP contribution in [-0.2, 0) is 4.79 Å². The van der Waals surface area contributed by atoms with Gasteiger partial charge in [0.15, 0.2) is 5.78 Å². The molecule has 1 N–H and O–H groups in total. The number of carbonyl (C=O) groups is 1. The third-order valence-electron chi connectivity index (χ3n) is 5.07. The van der Waals surface area contributed by atoms with Crippen LogP contribution in [0.2, 0.25) is 0 Å². The molecule has 1 aliphatic carbocycles. The minimum Gasteiger partial charge on any atom is -0.457 e. The molecule has 2 aliphatic rings. The smallest absolute Gasteiger partial charge is 0.161 e. The minimum atomic E-state index is -0.335. The Labute approximate surface area is 158 Å². The first-order chi connectivity index (χ1) is 13.2. The van der Waals surface area contributed by atoms with Crippen LogP contribution in [-0.4, -0.2) is 5.78 Å². The van der Waals surface area contributed by atoms with Crippen LogP contribution in [0.25, 0.3) is 0 Å². The number of nitriles is 1. The van der Waals surface area contributed by atoms with Crippen molar-refractivity contribution in [3.05, 3.63) is 82.7 Å². The maximum absolute atomic E-state index is 12.7. The van der Waals surface area contributed by atoms with E-state index in [1.165, 1.54) is 0 Å². The van der Waals surface area contributed by atoms with E-state index >= 15 is 0 Å². The fourth-order valence-electron chi connectivity index (χ4n) is 3.85. The maximum atomic E-state index is 12.7. The first kappa shape index (κ1) is 17.1. The van der Waals surface area contributed by atoms with Gasteiger partial charge in [-0.1, -0.05) is 30.3 Å². The van der Waals surface area contributed by atoms with Crippen LogP contribution < -0.4 is 10.1 Å². The molecule has 134 valence electrons. The van der Waals surface area contributed by atoms with Gasteiger partial charge in [0.25, 0.3) is 0 Å². The highest BCUT2D eigenvalue weighted by Gasteiger charge is 2.35. The van der Waals surface area contributed by atoms with E-state index in [0.29, 0.717) is 17.7 Å². The van der Waals surface area contributed by atoms with Gasteiger partial charge in [0, 0.05) is 23.4 Å². The van der Waals surface area contributed by atoms with Crippen LogP contribution in [0, 0.1) is 11.3 Å². The third kappa shape index (κ3) is 3.24. The summed E-state index contributed by atoms with van der Waals surface area (Å²) < 4.78 is 5.95. The Balaban J connectivity index is 1.77. The van der Waals surface area contributed by atoms with Crippen molar-refractivity contribution in [3.8, 4) is 17.6 Å². The highest BCUT2D eigenvalue weighted by Crippen LogP contribution is 2.42. The summed E-state index contributed by atoms with van der Waals surface area (Å²) in [5.74, 6) is 1.24. The molecule has 4 nitrogen and oxygen atoms in total. The molecule has 0 saturated heterocycles. The summed E-state index contributed by atoms with van der Waals surface area (Å²) in [5, 5.41) is 13.0. The Bertz CT molecular complexity index is 997. The number of hydrogen-bond donors (Lipinski definition) is 1. The summed E-state index contributed by atoms with van der Waals surface area (Å²) >= 11 is 0. The number of Topliss-reactive ketones (excluding diaryl/α,β-unsaturated/α-hetero) is 1. The second-order valence-corrected chi connectivity index (χ2v) is 6.87. The predicted molar refractivity (Wildman–Crippen MR) is 103 cm³/mol. The fraction of sp³-hybridized carbons (Fsp3) is 0.217. The van der Waals surface area contributed by atoms with Gasteiger partial charge in [-0.15, -0.1) is 0 Å². The molecule has 2 aromatic carbocycles. The average Bonchev–Trinajstić information content (AvgIpc) is 2.68. The molecule has 4 heteroatoms. The monoisotopic (exact) mass is 356 g/mol. The van der Waals surface area contributed by atoms with Gasteiger partial charge in [-0.05, 0) is 49.6 Å². The van der Waals surface area contributed by atoms with Gasteiger partial charge in [-0.25, -0.2) is 0 Å². The molecule has 0 bridgehead atoms. The zero-order valence-electron chi connectivity index (χ0n) is 15.2. The van der Waals surface area contributed by atoms with Gasteiger partial charge in [0.2, 0.25) is 0 Å². The van der Waals surface area contributed by atoms with E-state index in [9.17, 15) is 10.1 Å². The van der Waals surface area contributed by atoms with Gasteiger partial charge in [0.1, 0.15) is 11.5 Å². The molecule has 1 aliphatic heterocycles. The third-order valence-corrected chi connectivity index (χ3v) is 5.07. The lowest BCUT2D eigenvalue weighted by atomic mass is 9.75. The molecule has 1 atom stereocenters. The molecule has 2 aromatic rings. The van der Waals surface area contributed by atoms with Crippen molar-refractivity contribution in [2.24, 2.45) is 0 Å². The number of hydrogen-bond acceptors (Lipinski definition) is 4. The standard InChI is InChI=1S/C23H20N2O2/c1-15-19(14-24)22(23-20(25-15)11-6-12-21(23)26)16-7-5-10-18(13-16)27-17-8-3-2-4-9-17/h2-5,7-10,13,22,25H,6,11-12H2,1H3. The number of ether oxygens (including phenoxy) is 1. The second-order valence-electron chi connectivity index (χ2n) is 6.87. The average molecular weight is 356 g/mol. The fourth-order valence-corrected chi connectivity index (χ4v) is 3.85. The van der Waals surface area contributed by atoms with Crippen molar-refractivity contribution in [3.63, 3.8) is 0 Å². The van der Waals surface area contributed by atoms with Crippen molar-refractivity contribution in [1.29, 1.82) is 5.26 Å². The molecule has 27 heavy (non-hydrogen) atoms. The normalized spacial score (nSPS) is 19.3. The van der Waals surface area contributed by atoms with Crippen LogP contribution >= 0.6 is 0 Å². The summed E-state index contributed by atoms with van der Waals surface area (Å²) in [6.45, 7) is 1.90. The van der Waals surface area contributed by atoms with Crippen LogP contribution in [0.1, 0.15) is 37.7 Å². The van der Waals surface area contributed by atoms with Gasteiger partial charge in [0.05, 0.1) is 17.6 Å². The highest BCUT2D eigenvalue weighted by atomic mass is 16.5. The first-order valence-electron chi connectivity index (χ1n) is 9.14.